The maximum absolute atomic E-state index is 12.5. The Hall–Kier alpha value is -3.17. The number of amides is 2. The fraction of sp³-hybridized carbons (Fsp3) is 0.261. The summed E-state index contributed by atoms with van der Waals surface area (Å²) in [7, 11) is 0. The van der Waals surface area contributed by atoms with Gasteiger partial charge in [0.25, 0.3) is 5.91 Å². The summed E-state index contributed by atoms with van der Waals surface area (Å²) in [4.78, 5) is 31.3. The van der Waals surface area contributed by atoms with Crippen LogP contribution < -0.4 is 15.5 Å². The molecule has 2 amide bonds. The summed E-state index contributed by atoms with van der Waals surface area (Å²) in [6, 6.07) is 14.3. The van der Waals surface area contributed by atoms with Gasteiger partial charge in [-0.2, -0.15) is 0 Å². The van der Waals surface area contributed by atoms with Crippen molar-refractivity contribution in [2.45, 2.75) is 13.0 Å². The normalized spacial score (nSPS) is 13.6. The van der Waals surface area contributed by atoms with E-state index in [0.717, 1.165) is 30.0 Å². The molecule has 3 aromatic rings. The predicted molar refractivity (Wildman–Crippen MR) is 124 cm³/mol. The van der Waals surface area contributed by atoms with Gasteiger partial charge < -0.3 is 24.7 Å². The number of rotatable bonds is 7. The van der Waals surface area contributed by atoms with E-state index in [1.165, 1.54) is 0 Å². The molecular formula is C23H23BrN4O4. The number of anilines is 2. The molecule has 1 aliphatic heterocycles. The molecule has 0 bridgehead atoms. The minimum Gasteiger partial charge on any atom is -0.444 e. The van der Waals surface area contributed by atoms with E-state index in [0.29, 0.717) is 30.1 Å². The molecule has 3 heterocycles. The zero-order valence-corrected chi connectivity index (χ0v) is 18.9. The van der Waals surface area contributed by atoms with Crippen molar-refractivity contribution in [3.8, 4) is 0 Å². The van der Waals surface area contributed by atoms with Gasteiger partial charge in [0.1, 0.15) is 5.82 Å². The molecule has 166 valence electrons. The fourth-order valence-electron chi connectivity index (χ4n) is 3.40. The van der Waals surface area contributed by atoms with Gasteiger partial charge in [0.15, 0.2) is 10.4 Å². The molecule has 1 saturated heterocycles. The Bertz CT molecular complexity index is 1080. The second kappa shape index (κ2) is 10.4. The lowest BCUT2D eigenvalue weighted by molar-refractivity contribution is -0.120. The van der Waals surface area contributed by atoms with E-state index >= 15 is 0 Å². The second-order valence-corrected chi connectivity index (χ2v) is 8.08. The van der Waals surface area contributed by atoms with Crippen LogP contribution in [0.4, 0.5) is 11.5 Å². The van der Waals surface area contributed by atoms with Crippen LogP contribution in [0.15, 0.2) is 63.8 Å². The number of nitrogens with one attached hydrogen (secondary N) is 2. The van der Waals surface area contributed by atoms with Crippen LogP contribution in [0.3, 0.4) is 0 Å². The molecule has 0 saturated carbocycles. The molecule has 0 unspecified atom stereocenters. The largest absolute Gasteiger partial charge is 0.444 e. The molecule has 1 aromatic carbocycles. The van der Waals surface area contributed by atoms with Crippen LogP contribution >= 0.6 is 15.9 Å². The third-order valence-corrected chi connectivity index (χ3v) is 5.45. The highest BCUT2D eigenvalue weighted by atomic mass is 79.9. The van der Waals surface area contributed by atoms with E-state index < -0.39 is 0 Å². The summed E-state index contributed by atoms with van der Waals surface area (Å²) in [6.07, 6.45) is 2.01. The average Bonchev–Trinajstić information content (AvgIpc) is 3.26. The number of hydrogen-bond acceptors (Lipinski definition) is 6. The number of carbonyl (C=O) groups is 2. The van der Waals surface area contributed by atoms with Crippen molar-refractivity contribution in [2.75, 3.05) is 36.5 Å². The number of pyridine rings is 1. The lowest BCUT2D eigenvalue weighted by atomic mass is 10.1. The molecule has 2 aromatic heterocycles. The second-order valence-electron chi connectivity index (χ2n) is 7.29. The van der Waals surface area contributed by atoms with Gasteiger partial charge in [-0.3, -0.25) is 9.59 Å². The van der Waals surface area contributed by atoms with E-state index in [4.69, 9.17) is 9.15 Å². The number of benzene rings is 1. The van der Waals surface area contributed by atoms with Gasteiger partial charge in [-0.1, -0.05) is 18.2 Å². The number of morpholine rings is 1. The first kappa shape index (κ1) is 22.0. The molecule has 32 heavy (non-hydrogen) atoms. The predicted octanol–water partition coefficient (Wildman–Crippen LogP) is 3.38. The van der Waals surface area contributed by atoms with Crippen LogP contribution in [0.1, 0.15) is 21.7 Å². The zero-order valence-electron chi connectivity index (χ0n) is 17.3. The highest BCUT2D eigenvalue weighted by Gasteiger charge is 2.16. The van der Waals surface area contributed by atoms with E-state index in [1.54, 1.807) is 30.5 Å². The topological polar surface area (TPSA) is 96.7 Å². The van der Waals surface area contributed by atoms with Crippen molar-refractivity contribution in [1.29, 1.82) is 0 Å². The van der Waals surface area contributed by atoms with E-state index in [1.807, 2.05) is 24.3 Å². The van der Waals surface area contributed by atoms with Gasteiger partial charge in [0.2, 0.25) is 5.91 Å². The number of furan rings is 1. The van der Waals surface area contributed by atoms with Crippen molar-refractivity contribution >= 4 is 39.2 Å². The van der Waals surface area contributed by atoms with Crippen LogP contribution in [-0.2, 0) is 22.5 Å². The highest BCUT2D eigenvalue weighted by Crippen LogP contribution is 2.19. The third kappa shape index (κ3) is 5.74. The molecule has 4 rings (SSSR count). The van der Waals surface area contributed by atoms with Crippen molar-refractivity contribution in [1.82, 2.24) is 10.3 Å². The number of hydrogen-bond donors (Lipinski definition) is 2. The molecule has 8 nitrogen and oxygen atoms in total. The highest BCUT2D eigenvalue weighted by molar-refractivity contribution is 9.10. The number of aromatic nitrogens is 1. The standard InChI is InChI=1S/C23H23BrN4O4/c24-20-8-7-19(32-20)23(30)27-18-5-3-16(4-6-18)14-21(29)26-15-17-2-1-9-25-22(17)28-10-12-31-13-11-28/h1-9H,10-15H2,(H,26,29)(H,27,30). The van der Waals surface area contributed by atoms with Crippen LogP contribution in [0.25, 0.3) is 0 Å². The molecule has 1 fully saturated rings. The van der Waals surface area contributed by atoms with Gasteiger partial charge in [0.05, 0.1) is 19.6 Å². The van der Waals surface area contributed by atoms with Crippen molar-refractivity contribution in [3.63, 3.8) is 0 Å². The van der Waals surface area contributed by atoms with Gasteiger partial charge in [-0.25, -0.2) is 4.98 Å². The molecule has 2 N–H and O–H groups in total. The average molecular weight is 499 g/mol. The zero-order chi connectivity index (χ0) is 22.3. The Labute approximate surface area is 194 Å². The molecule has 1 aliphatic rings. The van der Waals surface area contributed by atoms with Crippen molar-refractivity contribution in [2.24, 2.45) is 0 Å². The first-order valence-corrected chi connectivity index (χ1v) is 11.1. The minimum atomic E-state index is -0.339. The first-order valence-electron chi connectivity index (χ1n) is 10.3. The summed E-state index contributed by atoms with van der Waals surface area (Å²) in [5, 5.41) is 5.74. The number of nitrogens with zero attached hydrogens (tertiary/aromatic N) is 2. The summed E-state index contributed by atoms with van der Waals surface area (Å²) in [5.74, 6) is 0.680. The van der Waals surface area contributed by atoms with E-state index in [9.17, 15) is 9.59 Å². The number of halogens is 1. The summed E-state index contributed by atoms with van der Waals surface area (Å²) >= 11 is 3.17. The lowest BCUT2D eigenvalue weighted by Crippen LogP contribution is -2.38. The first-order chi connectivity index (χ1) is 15.6. The van der Waals surface area contributed by atoms with E-state index in [2.05, 4.69) is 36.4 Å². The Balaban J connectivity index is 1.30. The third-order valence-electron chi connectivity index (χ3n) is 5.03. The molecule has 9 heteroatoms. The van der Waals surface area contributed by atoms with Crippen LogP contribution in [-0.4, -0.2) is 43.1 Å². The van der Waals surface area contributed by atoms with Gasteiger partial charge in [-0.05, 0) is 51.8 Å². The molecule has 0 radical (unpaired) electrons. The molecular weight excluding hydrogens is 476 g/mol. The van der Waals surface area contributed by atoms with E-state index in [-0.39, 0.29) is 24.0 Å². The monoisotopic (exact) mass is 498 g/mol. The quantitative estimate of drug-likeness (QED) is 0.518. The Morgan fingerprint density at radius 2 is 1.84 bits per heavy atom. The Morgan fingerprint density at radius 1 is 1.06 bits per heavy atom. The van der Waals surface area contributed by atoms with Gasteiger partial charge in [0, 0.05) is 37.1 Å². The SMILES string of the molecule is O=C(Cc1ccc(NC(=O)c2ccc(Br)o2)cc1)NCc1cccnc1N1CCOCC1. The van der Waals surface area contributed by atoms with Crippen LogP contribution in [0.2, 0.25) is 0 Å². The fourth-order valence-corrected chi connectivity index (χ4v) is 3.71. The van der Waals surface area contributed by atoms with Crippen molar-refractivity contribution in [3.05, 3.63) is 76.3 Å². The maximum Gasteiger partial charge on any atom is 0.291 e. The summed E-state index contributed by atoms with van der Waals surface area (Å²) in [5.41, 5.74) is 2.45. The summed E-state index contributed by atoms with van der Waals surface area (Å²) in [6.45, 7) is 3.35. The lowest BCUT2D eigenvalue weighted by Gasteiger charge is -2.29. The Kier molecular flexibility index (Phi) is 7.18. The smallest absolute Gasteiger partial charge is 0.291 e. The Morgan fingerprint density at radius 3 is 2.56 bits per heavy atom. The molecule has 0 atom stereocenters. The van der Waals surface area contributed by atoms with Crippen LogP contribution in [0, 0.1) is 0 Å². The maximum atomic E-state index is 12.5. The van der Waals surface area contributed by atoms with Gasteiger partial charge in [-0.15, -0.1) is 0 Å². The van der Waals surface area contributed by atoms with Gasteiger partial charge >= 0.3 is 0 Å². The van der Waals surface area contributed by atoms with Crippen LogP contribution in [0.5, 0.6) is 0 Å². The molecule has 0 aliphatic carbocycles. The van der Waals surface area contributed by atoms with Crippen molar-refractivity contribution < 1.29 is 18.7 Å². The molecule has 0 spiro atoms. The number of carbonyl (C=O) groups excluding carboxylic acids is 2. The minimum absolute atomic E-state index is 0.0843. The summed E-state index contributed by atoms with van der Waals surface area (Å²) < 4.78 is 11.1. The number of ether oxygens (including phenoxy) is 1.